The number of amides is 2. The average molecular weight is 396 g/mol. The highest BCUT2D eigenvalue weighted by Crippen LogP contribution is 2.33. The van der Waals surface area contributed by atoms with Crippen molar-refractivity contribution >= 4 is 16.1 Å². The molecular weight excluding hydrogens is 366 g/mol. The Morgan fingerprint density at radius 2 is 1.78 bits per heavy atom. The predicted octanol–water partition coefficient (Wildman–Crippen LogP) is 1.74. The van der Waals surface area contributed by atoms with Crippen LogP contribution in [0.2, 0.25) is 0 Å². The van der Waals surface area contributed by atoms with Crippen molar-refractivity contribution in [1.82, 2.24) is 14.9 Å². The van der Waals surface area contributed by atoms with Crippen LogP contribution in [-0.4, -0.2) is 57.3 Å². The van der Waals surface area contributed by atoms with E-state index in [0.29, 0.717) is 32.1 Å². The van der Waals surface area contributed by atoms with Gasteiger partial charge < -0.3 is 15.4 Å². The van der Waals surface area contributed by atoms with Crippen molar-refractivity contribution in [3.05, 3.63) is 29.8 Å². The molecule has 1 saturated heterocycles. The Balaban J connectivity index is 1.30. The number of benzene rings is 1. The standard InChI is InChI=1S/C19H29N3O4S/c1-26-17-4-2-15(3-5-17)8-11-20-19(23)21-14-16-9-12-22(13-10-16)27(24,25)18-6-7-18/h2-5,16,18H,6-14H2,1H3,(H2,20,21,23). The first-order valence-electron chi connectivity index (χ1n) is 9.62. The molecule has 1 heterocycles. The molecule has 1 aliphatic heterocycles. The first-order chi connectivity index (χ1) is 13.0. The Labute approximate surface area is 161 Å². The van der Waals surface area contributed by atoms with Gasteiger partial charge in [0, 0.05) is 26.2 Å². The SMILES string of the molecule is COc1ccc(CCNC(=O)NCC2CCN(S(=O)(=O)C3CC3)CC2)cc1. The molecule has 2 amide bonds. The van der Waals surface area contributed by atoms with Crippen molar-refractivity contribution in [3.63, 3.8) is 0 Å². The number of sulfonamides is 1. The summed E-state index contributed by atoms with van der Waals surface area (Å²) in [5.41, 5.74) is 1.14. The van der Waals surface area contributed by atoms with Gasteiger partial charge in [0.2, 0.25) is 10.0 Å². The summed E-state index contributed by atoms with van der Waals surface area (Å²) in [5.74, 6) is 1.16. The van der Waals surface area contributed by atoms with E-state index in [0.717, 1.165) is 43.4 Å². The Hall–Kier alpha value is -1.80. The molecule has 0 atom stereocenters. The molecular formula is C19H29N3O4S. The highest BCUT2D eigenvalue weighted by Gasteiger charge is 2.41. The Kier molecular flexibility index (Phi) is 6.59. The maximum Gasteiger partial charge on any atom is 0.314 e. The highest BCUT2D eigenvalue weighted by atomic mass is 32.2. The van der Waals surface area contributed by atoms with Crippen molar-refractivity contribution in [2.24, 2.45) is 5.92 Å². The van der Waals surface area contributed by atoms with E-state index in [1.165, 1.54) is 0 Å². The lowest BCUT2D eigenvalue weighted by molar-refractivity contribution is 0.231. The van der Waals surface area contributed by atoms with Crippen molar-refractivity contribution in [1.29, 1.82) is 0 Å². The zero-order valence-electron chi connectivity index (χ0n) is 15.8. The molecule has 2 fully saturated rings. The number of nitrogens with zero attached hydrogens (tertiary/aromatic N) is 1. The van der Waals surface area contributed by atoms with Crippen LogP contribution in [0.1, 0.15) is 31.2 Å². The number of carbonyl (C=O) groups excluding carboxylic acids is 1. The van der Waals surface area contributed by atoms with E-state index < -0.39 is 10.0 Å². The number of urea groups is 1. The van der Waals surface area contributed by atoms with E-state index >= 15 is 0 Å². The minimum Gasteiger partial charge on any atom is -0.497 e. The van der Waals surface area contributed by atoms with E-state index in [1.54, 1.807) is 11.4 Å². The van der Waals surface area contributed by atoms with Crippen LogP contribution in [0, 0.1) is 5.92 Å². The Morgan fingerprint density at radius 3 is 2.37 bits per heavy atom. The quantitative estimate of drug-likeness (QED) is 0.702. The van der Waals surface area contributed by atoms with E-state index in [4.69, 9.17) is 4.74 Å². The molecule has 2 aliphatic rings. The lowest BCUT2D eigenvalue weighted by atomic mass is 9.98. The number of nitrogens with one attached hydrogen (secondary N) is 2. The van der Waals surface area contributed by atoms with Gasteiger partial charge in [-0.05, 0) is 55.7 Å². The fourth-order valence-electron chi connectivity index (χ4n) is 3.36. The summed E-state index contributed by atoms with van der Waals surface area (Å²) in [7, 11) is -1.42. The molecule has 150 valence electrons. The van der Waals surface area contributed by atoms with Gasteiger partial charge in [-0.1, -0.05) is 12.1 Å². The second-order valence-corrected chi connectivity index (χ2v) is 9.53. The second-order valence-electron chi connectivity index (χ2n) is 7.32. The Bertz CT molecular complexity index is 724. The summed E-state index contributed by atoms with van der Waals surface area (Å²) in [6.45, 7) is 2.30. The van der Waals surface area contributed by atoms with Crippen LogP contribution in [0.5, 0.6) is 5.75 Å². The van der Waals surface area contributed by atoms with E-state index in [1.807, 2.05) is 24.3 Å². The van der Waals surface area contributed by atoms with Gasteiger partial charge in [0.15, 0.2) is 0 Å². The van der Waals surface area contributed by atoms with E-state index in [2.05, 4.69) is 10.6 Å². The van der Waals surface area contributed by atoms with Crippen LogP contribution in [0.25, 0.3) is 0 Å². The second kappa shape index (κ2) is 8.93. The molecule has 0 bridgehead atoms. The summed E-state index contributed by atoms with van der Waals surface area (Å²) >= 11 is 0. The number of ether oxygens (including phenoxy) is 1. The molecule has 0 unspecified atom stereocenters. The van der Waals surface area contributed by atoms with Gasteiger partial charge in [0.25, 0.3) is 0 Å². The zero-order valence-corrected chi connectivity index (χ0v) is 16.6. The Morgan fingerprint density at radius 1 is 1.11 bits per heavy atom. The van der Waals surface area contributed by atoms with Gasteiger partial charge in [-0.3, -0.25) is 0 Å². The number of carbonyl (C=O) groups is 1. The number of hydrogen-bond acceptors (Lipinski definition) is 4. The van der Waals surface area contributed by atoms with Gasteiger partial charge in [-0.25, -0.2) is 17.5 Å². The number of piperidine rings is 1. The molecule has 0 aromatic heterocycles. The molecule has 8 heteroatoms. The molecule has 0 radical (unpaired) electrons. The lowest BCUT2D eigenvalue weighted by Crippen LogP contribution is -2.44. The van der Waals surface area contributed by atoms with Crippen LogP contribution < -0.4 is 15.4 Å². The predicted molar refractivity (Wildman–Crippen MR) is 104 cm³/mol. The average Bonchev–Trinajstić information content (AvgIpc) is 3.53. The van der Waals surface area contributed by atoms with Crippen LogP contribution in [-0.2, 0) is 16.4 Å². The minimum absolute atomic E-state index is 0.136. The number of rotatable bonds is 8. The molecule has 1 aliphatic carbocycles. The van der Waals surface area contributed by atoms with Crippen molar-refractivity contribution in [3.8, 4) is 5.75 Å². The van der Waals surface area contributed by atoms with Crippen LogP contribution in [0.4, 0.5) is 4.79 Å². The molecule has 1 saturated carbocycles. The third-order valence-electron chi connectivity index (χ3n) is 5.29. The maximum absolute atomic E-state index is 12.2. The fraction of sp³-hybridized carbons (Fsp3) is 0.632. The van der Waals surface area contributed by atoms with Gasteiger partial charge in [-0.15, -0.1) is 0 Å². The smallest absolute Gasteiger partial charge is 0.314 e. The summed E-state index contributed by atoms with van der Waals surface area (Å²) in [6.07, 6.45) is 3.98. The molecule has 3 rings (SSSR count). The summed E-state index contributed by atoms with van der Waals surface area (Å²) < 4.78 is 31.2. The van der Waals surface area contributed by atoms with Crippen molar-refractivity contribution in [2.45, 2.75) is 37.4 Å². The van der Waals surface area contributed by atoms with E-state index in [9.17, 15) is 13.2 Å². The molecule has 1 aromatic rings. The number of hydrogen-bond donors (Lipinski definition) is 2. The van der Waals surface area contributed by atoms with Crippen LogP contribution in [0.3, 0.4) is 0 Å². The fourth-order valence-corrected chi connectivity index (χ4v) is 5.23. The molecule has 2 N–H and O–H groups in total. The summed E-state index contributed by atoms with van der Waals surface area (Å²) in [6, 6.07) is 7.62. The minimum atomic E-state index is -3.06. The first kappa shape index (κ1) is 19.9. The third-order valence-corrected chi connectivity index (χ3v) is 7.69. The first-order valence-corrected chi connectivity index (χ1v) is 11.1. The molecule has 0 spiro atoms. The summed E-state index contributed by atoms with van der Waals surface area (Å²) in [4.78, 5) is 11.9. The maximum atomic E-state index is 12.2. The van der Waals surface area contributed by atoms with Gasteiger partial charge in [0.1, 0.15) is 5.75 Å². The number of methoxy groups -OCH3 is 1. The molecule has 1 aromatic carbocycles. The van der Waals surface area contributed by atoms with Gasteiger partial charge >= 0.3 is 6.03 Å². The lowest BCUT2D eigenvalue weighted by Gasteiger charge is -2.31. The zero-order chi connectivity index (χ0) is 19.3. The van der Waals surface area contributed by atoms with Crippen LogP contribution in [0.15, 0.2) is 24.3 Å². The molecule has 7 nitrogen and oxygen atoms in total. The van der Waals surface area contributed by atoms with Crippen molar-refractivity contribution < 1.29 is 17.9 Å². The third kappa shape index (κ3) is 5.59. The molecule has 27 heavy (non-hydrogen) atoms. The van der Waals surface area contributed by atoms with Crippen molar-refractivity contribution in [2.75, 3.05) is 33.3 Å². The van der Waals surface area contributed by atoms with Gasteiger partial charge in [0.05, 0.1) is 12.4 Å². The summed E-state index contributed by atoms with van der Waals surface area (Å²) in [5, 5.41) is 5.64. The highest BCUT2D eigenvalue weighted by molar-refractivity contribution is 7.90. The normalized spacial score (nSPS) is 18.9. The largest absolute Gasteiger partial charge is 0.497 e. The van der Waals surface area contributed by atoms with Crippen LogP contribution >= 0.6 is 0 Å². The monoisotopic (exact) mass is 395 g/mol. The topological polar surface area (TPSA) is 87.7 Å². The van der Waals surface area contributed by atoms with E-state index in [-0.39, 0.29) is 11.3 Å². The van der Waals surface area contributed by atoms with Gasteiger partial charge in [-0.2, -0.15) is 0 Å².